The maximum atomic E-state index is 13.2. The number of benzene rings is 4. The van der Waals surface area contributed by atoms with Crippen LogP contribution in [0.4, 0.5) is 4.79 Å². The Hall–Kier alpha value is -4.63. The van der Waals surface area contributed by atoms with Crippen LogP contribution >= 0.6 is 0 Å². The third kappa shape index (κ3) is 6.47. The van der Waals surface area contributed by atoms with E-state index in [-0.39, 0.29) is 23.2 Å². The monoisotopic (exact) mass is 585 g/mol. The first-order chi connectivity index (χ1) is 20.0. The molecule has 1 atom stereocenters. The van der Waals surface area contributed by atoms with E-state index in [4.69, 9.17) is 13.7 Å². The maximum Gasteiger partial charge on any atom is 0.408 e. The summed E-state index contributed by atoms with van der Waals surface area (Å²) in [6, 6.07) is 28.4. The minimum absolute atomic E-state index is 0.0117. The second-order valence-corrected chi connectivity index (χ2v) is 12.4. The fourth-order valence-electron chi connectivity index (χ4n) is 4.87. The molecule has 4 aromatic rings. The molecule has 0 aromatic heterocycles. The lowest BCUT2D eigenvalue weighted by atomic mass is 9.98. The first-order valence-electron chi connectivity index (χ1n) is 13.5. The van der Waals surface area contributed by atoms with Crippen molar-refractivity contribution in [2.45, 2.75) is 43.2 Å². The van der Waals surface area contributed by atoms with Gasteiger partial charge < -0.3 is 19.0 Å². The van der Waals surface area contributed by atoms with E-state index in [1.807, 2.05) is 48.5 Å². The standard InChI is InChI=1S/C33H31NO7S/c1-33(2,3)40-31(35)30(22-17-19-23(20-18-22)41-42(37,38)24-11-5-4-6-12-24)34-32(36)39-21-29-27-15-9-7-13-25(27)26-14-8-10-16-28(26)29/h4-20,29-30H,21H2,1-3H3,(H,34,36). The highest BCUT2D eigenvalue weighted by Gasteiger charge is 2.32. The summed E-state index contributed by atoms with van der Waals surface area (Å²) in [6.07, 6.45) is -0.792. The number of nitrogens with one attached hydrogen (secondary N) is 1. The SMILES string of the molecule is CC(C)(C)OC(=O)C(NC(=O)OCC1c2ccccc2-c2ccccc21)c1ccc(OS(=O)(=O)c2ccccc2)cc1. The molecule has 0 spiro atoms. The summed E-state index contributed by atoms with van der Waals surface area (Å²) in [5.41, 5.74) is 3.88. The molecule has 4 aromatic carbocycles. The van der Waals surface area contributed by atoms with E-state index in [0.29, 0.717) is 5.56 Å². The van der Waals surface area contributed by atoms with Gasteiger partial charge in [0.15, 0.2) is 6.04 Å². The molecule has 0 bridgehead atoms. The Kier molecular flexibility index (Phi) is 8.04. The molecule has 0 radical (unpaired) electrons. The van der Waals surface area contributed by atoms with Gasteiger partial charge in [-0.2, -0.15) is 8.42 Å². The highest BCUT2D eigenvalue weighted by Crippen LogP contribution is 2.44. The van der Waals surface area contributed by atoms with Gasteiger partial charge in [-0.3, -0.25) is 0 Å². The average Bonchev–Trinajstić information content (AvgIpc) is 3.28. The van der Waals surface area contributed by atoms with Gasteiger partial charge in [0.25, 0.3) is 0 Å². The summed E-state index contributed by atoms with van der Waals surface area (Å²) in [6.45, 7) is 5.24. The first-order valence-corrected chi connectivity index (χ1v) is 14.9. The summed E-state index contributed by atoms with van der Waals surface area (Å²) in [5.74, 6) is -0.792. The molecule has 1 N–H and O–H groups in total. The van der Waals surface area contributed by atoms with Crippen LogP contribution < -0.4 is 9.50 Å². The van der Waals surface area contributed by atoms with Gasteiger partial charge >= 0.3 is 22.2 Å². The quantitative estimate of drug-likeness (QED) is 0.189. The van der Waals surface area contributed by atoms with Crippen LogP contribution in [0, 0.1) is 0 Å². The number of carbonyl (C=O) groups is 2. The molecular weight excluding hydrogens is 554 g/mol. The molecule has 8 nitrogen and oxygen atoms in total. The van der Waals surface area contributed by atoms with Crippen molar-refractivity contribution in [2.75, 3.05) is 6.61 Å². The molecule has 0 fully saturated rings. The van der Waals surface area contributed by atoms with Crippen LogP contribution in [0.5, 0.6) is 5.75 Å². The number of amides is 1. The highest BCUT2D eigenvalue weighted by molar-refractivity contribution is 7.87. The van der Waals surface area contributed by atoms with Crippen LogP contribution in [0.3, 0.4) is 0 Å². The number of fused-ring (bicyclic) bond motifs is 3. The van der Waals surface area contributed by atoms with Crippen LogP contribution in [0.25, 0.3) is 11.1 Å². The van der Waals surface area contributed by atoms with E-state index < -0.39 is 33.8 Å². The fourth-order valence-corrected chi connectivity index (χ4v) is 5.83. The van der Waals surface area contributed by atoms with Gasteiger partial charge in [-0.25, -0.2) is 9.59 Å². The van der Waals surface area contributed by atoms with E-state index in [0.717, 1.165) is 22.3 Å². The molecule has 1 aliphatic rings. The fraction of sp³-hybridized carbons (Fsp3) is 0.212. The van der Waals surface area contributed by atoms with E-state index in [1.54, 1.807) is 39.0 Å². The third-order valence-electron chi connectivity index (χ3n) is 6.70. The van der Waals surface area contributed by atoms with Crippen LogP contribution in [0.1, 0.15) is 49.4 Å². The van der Waals surface area contributed by atoms with Gasteiger partial charge in [0, 0.05) is 5.92 Å². The van der Waals surface area contributed by atoms with Crippen molar-refractivity contribution in [1.82, 2.24) is 5.32 Å². The molecule has 9 heteroatoms. The lowest BCUT2D eigenvalue weighted by molar-refractivity contribution is -0.157. The maximum absolute atomic E-state index is 13.2. The summed E-state index contributed by atoms with van der Waals surface area (Å²) in [7, 11) is -4.05. The first kappa shape index (κ1) is 28.9. The number of esters is 1. The second-order valence-electron chi connectivity index (χ2n) is 10.9. The van der Waals surface area contributed by atoms with Gasteiger partial charge in [0.05, 0.1) is 0 Å². The summed E-state index contributed by atoms with van der Waals surface area (Å²) < 4.78 is 41.6. The molecule has 0 aliphatic heterocycles. The van der Waals surface area contributed by atoms with Gasteiger partial charge in [-0.1, -0.05) is 78.9 Å². The molecule has 1 aliphatic carbocycles. The van der Waals surface area contributed by atoms with Crippen molar-refractivity contribution in [3.8, 4) is 16.9 Å². The Morgan fingerprint density at radius 1 is 0.786 bits per heavy atom. The highest BCUT2D eigenvalue weighted by atomic mass is 32.2. The number of hydrogen-bond acceptors (Lipinski definition) is 7. The number of alkyl carbamates (subject to hydrolysis) is 1. The largest absolute Gasteiger partial charge is 0.458 e. The topological polar surface area (TPSA) is 108 Å². The summed E-state index contributed by atoms with van der Waals surface area (Å²) >= 11 is 0. The van der Waals surface area contributed by atoms with Gasteiger partial charge in [-0.05, 0) is 72.9 Å². The zero-order valence-corrected chi connectivity index (χ0v) is 24.3. The Bertz CT molecular complexity index is 1650. The lowest BCUT2D eigenvalue weighted by Gasteiger charge is -2.25. The molecule has 1 amide bonds. The zero-order valence-electron chi connectivity index (χ0n) is 23.4. The predicted octanol–water partition coefficient (Wildman–Crippen LogP) is 6.38. The van der Waals surface area contributed by atoms with Crippen LogP contribution in [-0.4, -0.2) is 32.7 Å². The second kappa shape index (κ2) is 11.7. The molecule has 5 rings (SSSR count). The predicted molar refractivity (Wildman–Crippen MR) is 157 cm³/mol. The Balaban J connectivity index is 1.31. The molecule has 216 valence electrons. The minimum atomic E-state index is -4.05. The molecular formula is C33H31NO7S. The van der Waals surface area contributed by atoms with Crippen LogP contribution in [0.15, 0.2) is 108 Å². The van der Waals surface area contributed by atoms with Crippen molar-refractivity contribution in [3.63, 3.8) is 0 Å². The van der Waals surface area contributed by atoms with E-state index in [9.17, 15) is 18.0 Å². The van der Waals surface area contributed by atoms with Crippen molar-refractivity contribution in [1.29, 1.82) is 0 Å². The van der Waals surface area contributed by atoms with E-state index in [2.05, 4.69) is 5.32 Å². The van der Waals surface area contributed by atoms with Crippen molar-refractivity contribution in [3.05, 3.63) is 120 Å². The lowest BCUT2D eigenvalue weighted by Crippen LogP contribution is -2.38. The zero-order chi connectivity index (χ0) is 29.9. The number of carbonyl (C=O) groups excluding carboxylic acids is 2. The van der Waals surface area contributed by atoms with E-state index >= 15 is 0 Å². The summed E-state index contributed by atoms with van der Waals surface area (Å²) in [5, 5.41) is 2.63. The van der Waals surface area contributed by atoms with Crippen molar-refractivity contribution >= 4 is 22.2 Å². The smallest absolute Gasteiger partial charge is 0.408 e. The third-order valence-corrected chi connectivity index (χ3v) is 7.96. The van der Waals surface area contributed by atoms with Crippen molar-refractivity contribution < 1.29 is 31.7 Å². The van der Waals surface area contributed by atoms with Crippen molar-refractivity contribution in [2.24, 2.45) is 0 Å². The van der Waals surface area contributed by atoms with Crippen LogP contribution in [-0.2, 0) is 24.4 Å². The number of rotatable bonds is 8. The Labute approximate surface area is 245 Å². The molecule has 0 heterocycles. The molecule has 1 unspecified atom stereocenters. The number of ether oxygens (including phenoxy) is 2. The van der Waals surface area contributed by atoms with Gasteiger partial charge in [0.2, 0.25) is 0 Å². The van der Waals surface area contributed by atoms with Gasteiger partial charge in [-0.15, -0.1) is 0 Å². The molecule has 42 heavy (non-hydrogen) atoms. The van der Waals surface area contributed by atoms with Crippen LogP contribution in [0.2, 0.25) is 0 Å². The van der Waals surface area contributed by atoms with Gasteiger partial charge in [0.1, 0.15) is 22.9 Å². The Morgan fingerprint density at radius 2 is 1.33 bits per heavy atom. The minimum Gasteiger partial charge on any atom is -0.458 e. The summed E-state index contributed by atoms with van der Waals surface area (Å²) in [4.78, 5) is 26.2. The molecule has 0 saturated heterocycles. The van der Waals surface area contributed by atoms with E-state index in [1.165, 1.54) is 36.4 Å². The number of hydrogen-bond donors (Lipinski definition) is 1. The average molecular weight is 586 g/mol. The molecule has 0 saturated carbocycles. The normalized spacial score (nSPS) is 13.4. The Morgan fingerprint density at radius 3 is 1.90 bits per heavy atom.